The third kappa shape index (κ3) is 5.65. The monoisotopic (exact) mass is 444 g/mol. The van der Waals surface area contributed by atoms with Crippen molar-refractivity contribution in [3.63, 3.8) is 0 Å². The van der Waals surface area contributed by atoms with Gasteiger partial charge in [-0.3, -0.25) is 9.78 Å². The Hall–Kier alpha value is -4.39. The van der Waals surface area contributed by atoms with E-state index in [-0.39, 0.29) is 12.6 Å². The summed E-state index contributed by atoms with van der Waals surface area (Å²) in [4.78, 5) is 26.7. The summed E-state index contributed by atoms with van der Waals surface area (Å²) in [6, 6.07) is 11.7. The molecular formula is C23H24N8O2. The number of primary amides is 1. The summed E-state index contributed by atoms with van der Waals surface area (Å²) in [5, 5.41) is 15.2. The maximum atomic E-state index is 11.9. The van der Waals surface area contributed by atoms with Crippen molar-refractivity contribution in [2.75, 3.05) is 35.2 Å². The standard InChI is InChI=1S/C23H24N8O2/c24-7-12-33-18-3-1-17(2-4-18)31-10-5-16(6-11-31)29-20-13-21(28-14-19(20)23(25)32)30-22-15-26-8-9-27-22/h1-4,8-9,13-16H,5-6,10-12H2,(H2,25,32)(H2,27,28,29,30). The van der Waals surface area contributed by atoms with E-state index >= 15 is 0 Å². The number of nitrogens with zero attached hydrogens (tertiary/aromatic N) is 5. The maximum Gasteiger partial charge on any atom is 0.252 e. The van der Waals surface area contributed by atoms with Crippen LogP contribution >= 0.6 is 0 Å². The van der Waals surface area contributed by atoms with Gasteiger partial charge in [0.25, 0.3) is 5.91 Å². The second-order valence-electron chi connectivity index (χ2n) is 7.54. The number of rotatable bonds is 8. The van der Waals surface area contributed by atoms with Crippen LogP contribution in [0, 0.1) is 11.3 Å². The van der Waals surface area contributed by atoms with Gasteiger partial charge in [0.2, 0.25) is 0 Å². The molecule has 0 saturated carbocycles. The number of nitrogens with one attached hydrogen (secondary N) is 2. The number of benzene rings is 1. The minimum atomic E-state index is -0.535. The second kappa shape index (κ2) is 10.3. The van der Waals surface area contributed by atoms with Crippen molar-refractivity contribution in [3.05, 3.63) is 60.7 Å². The first-order chi connectivity index (χ1) is 16.1. The summed E-state index contributed by atoms with van der Waals surface area (Å²) in [5.41, 5.74) is 7.65. The molecule has 0 atom stereocenters. The molecule has 4 N–H and O–H groups in total. The van der Waals surface area contributed by atoms with E-state index in [2.05, 4.69) is 30.5 Å². The molecule has 1 aromatic carbocycles. The molecule has 3 heterocycles. The summed E-state index contributed by atoms with van der Waals surface area (Å²) in [5.74, 6) is 1.24. The molecule has 0 radical (unpaired) electrons. The quantitative estimate of drug-likeness (QED) is 0.478. The summed E-state index contributed by atoms with van der Waals surface area (Å²) in [7, 11) is 0. The molecule has 1 fully saturated rings. The molecule has 10 heteroatoms. The van der Waals surface area contributed by atoms with Crippen LogP contribution in [-0.2, 0) is 0 Å². The van der Waals surface area contributed by atoms with E-state index in [1.54, 1.807) is 24.7 Å². The average Bonchev–Trinajstić information content (AvgIpc) is 2.84. The average molecular weight is 444 g/mol. The Labute approximate surface area is 191 Å². The van der Waals surface area contributed by atoms with Crippen molar-refractivity contribution < 1.29 is 9.53 Å². The van der Waals surface area contributed by atoms with E-state index in [9.17, 15) is 4.79 Å². The van der Waals surface area contributed by atoms with Gasteiger partial charge in [-0.2, -0.15) is 5.26 Å². The summed E-state index contributed by atoms with van der Waals surface area (Å²) in [6.07, 6.45) is 8.01. The zero-order valence-electron chi connectivity index (χ0n) is 17.9. The molecule has 0 unspecified atom stereocenters. The van der Waals surface area contributed by atoms with Gasteiger partial charge in [0.15, 0.2) is 6.61 Å². The van der Waals surface area contributed by atoms with E-state index in [1.165, 1.54) is 6.20 Å². The molecule has 33 heavy (non-hydrogen) atoms. The lowest BCUT2D eigenvalue weighted by atomic mass is 10.0. The summed E-state index contributed by atoms with van der Waals surface area (Å²) >= 11 is 0. The van der Waals surface area contributed by atoms with Gasteiger partial charge in [0.1, 0.15) is 23.5 Å². The predicted octanol–water partition coefficient (Wildman–Crippen LogP) is 2.70. The number of ether oxygens (including phenoxy) is 1. The Morgan fingerprint density at radius 2 is 1.94 bits per heavy atom. The number of pyridine rings is 1. The zero-order chi connectivity index (χ0) is 23.0. The summed E-state index contributed by atoms with van der Waals surface area (Å²) in [6.45, 7) is 1.75. The highest BCUT2D eigenvalue weighted by Gasteiger charge is 2.21. The maximum absolute atomic E-state index is 11.9. The van der Waals surface area contributed by atoms with Crippen LogP contribution in [0.2, 0.25) is 0 Å². The highest BCUT2D eigenvalue weighted by molar-refractivity contribution is 5.98. The van der Waals surface area contributed by atoms with Crippen LogP contribution in [0.15, 0.2) is 55.1 Å². The topological polar surface area (TPSA) is 142 Å². The number of nitrogens with two attached hydrogens (primary N) is 1. The van der Waals surface area contributed by atoms with Crippen molar-refractivity contribution in [2.45, 2.75) is 18.9 Å². The first kappa shape index (κ1) is 21.8. The Morgan fingerprint density at radius 1 is 1.15 bits per heavy atom. The van der Waals surface area contributed by atoms with Crippen molar-refractivity contribution in [1.29, 1.82) is 5.26 Å². The van der Waals surface area contributed by atoms with Crippen molar-refractivity contribution >= 4 is 28.9 Å². The molecule has 1 amide bonds. The largest absolute Gasteiger partial charge is 0.479 e. The number of hydrogen-bond acceptors (Lipinski definition) is 9. The Bertz CT molecular complexity index is 1120. The number of piperidine rings is 1. The number of carbonyl (C=O) groups is 1. The van der Waals surface area contributed by atoms with Crippen LogP contribution < -0.4 is 26.0 Å². The highest BCUT2D eigenvalue weighted by atomic mass is 16.5. The van der Waals surface area contributed by atoms with Gasteiger partial charge in [-0.15, -0.1) is 0 Å². The third-order valence-electron chi connectivity index (χ3n) is 5.35. The van der Waals surface area contributed by atoms with E-state index in [0.29, 0.717) is 28.6 Å². The van der Waals surface area contributed by atoms with Crippen LogP contribution in [0.4, 0.5) is 23.0 Å². The zero-order valence-corrected chi connectivity index (χ0v) is 17.9. The van der Waals surface area contributed by atoms with Crippen molar-refractivity contribution in [3.8, 4) is 11.8 Å². The molecule has 1 aliphatic rings. The van der Waals surface area contributed by atoms with Gasteiger partial charge in [-0.25, -0.2) is 9.97 Å². The SMILES string of the molecule is N#CCOc1ccc(N2CCC(Nc3cc(Nc4cnccn4)ncc3C(N)=O)CC2)cc1. The van der Waals surface area contributed by atoms with Crippen LogP contribution in [-0.4, -0.2) is 46.6 Å². The first-order valence-electron chi connectivity index (χ1n) is 10.6. The lowest BCUT2D eigenvalue weighted by Crippen LogP contribution is -2.39. The lowest BCUT2D eigenvalue weighted by molar-refractivity contribution is 0.100. The van der Waals surface area contributed by atoms with E-state index < -0.39 is 5.91 Å². The molecule has 10 nitrogen and oxygen atoms in total. The fraction of sp³-hybridized carbons (Fsp3) is 0.261. The van der Waals surface area contributed by atoms with Gasteiger partial charge < -0.3 is 26.0 Å². The van der Waals surface area contributed by atoms with Crippen LogP contribution in [0.25, 0.3) is 0 Å². The van der Waals surface area contributed by atoms with Crippen molar-refractivity contribution in [2.24, 2.45) is 5.73 Å². The van der Waals surface area contributed by atoms with Gasteiger partial charge >= 0.3 is 0 Å². The lowest BCUT2D eigenvalue weighted by Gasteiger charge is -2.34. The van der Waals surface area contributed by atoms with Crippen LogP contribution in [0.3, 0.4) is 0 Å². The molecule has 0 spiro atoms. The Balaban J connectivity index is 1.39. The number of nitriles is 1. The molecule has 168 valence electrons. The normalized spacial score (nSPS) is 13.7. The molecule has 3 aromatic rings. The predicted molar refractivity (Wildman–Crippen MR) is 124 cm³/mol. The minimum Gasteiger partial charge on any atom is -0.479 e. The number of aromatic nitrogens is 3. The van der Waals surface area contributed by atoms with Gasteiger partial charge in [0.05, 0.1) is 17.4 Å². The summed E-state index contributed by atoms with van der Waals surface area (Å²) < 4.78 is 5.31. The van der Waals surface area contributed by atoms with Crippen molar-refractivity contribution in [1.82, 2.24) is 15.0 Å². The molecule has 0 bridgehead atoms. The molecule has 0 aliphatic carbocycles. The van der Waals surface area contributed by atoms with Gasteiger partial charge in [-0.1, -0.05) is 0 Å². The van der Waals surface area contributed by atoms with Gasteiger partial charge in [0, 0.05) is 49.5 Å². The molecule has 4 rings (SSSR count). The number of hydrogen-bond donors (Lipinski definition) is 3. The highest BCUT2D eigenvalue weighted by Crippen LogP contribution is 2.26. The van der Waals surface area contributed by atoms with E-state index in [4.69, 9.17) is 15.7 Å². The molecule has 1 saturated heterocycles. The van der Waals surface area contributed by atoms with E-state index in [0.717, 1.165) is 31.6 Å². The number of carbonyl (C=O) groups excluding carboxylic acids is 1. The number of anilines is 4. The Morgan fingerprint density at radius 3 is 2.61 bits per heavy atom. The third-order valence-corrected chi connectivity index (χ3v) is 5.35. The smallest absolute Gasteiger partial charge is 0.252 e. The Kier molecular flexibility index (Phi) is 6.80. The fourth-order valence-electron chi connectivity index (χ4n) is 3.71. The van der Waals surface area contributed by atoms with Crippen LogP contribution in [0.5, 0.6) is 5.75 Å². The molecule has 2 aromatic heterocycles. The molecule has 1 aliphatic heterocycles. The second-order valence-corrected chi connectivity index (χ2v) is 7.54. The number of amides is 1. The fourth-order valence-corrected chi connectivity index (χ4v) is 3.71. The van der Waals surface area contributed by atoms with Crippen LogP contribution in [0.1, 0.15) is 23.2 Å². The molecular weight excluding hydrogens is 420 g/mol. The first-order valence-corrected chi connectivity index (χ1v) is 10.6. The minimum absolute atomic E-state index is 0.0364. The van der Waals surface area contributed by atoms with E-state index in [1.807, 2.05) is 30.3 Å². The van der Waals surface area contributed by atoms with Gasteiger partial charge in [-0.05, 0) is 37.1 Å².